The first-order chi connectivity index (χ1) is 14.8. The third-order valence-electron chi connectivity index (χ3n) is 5.21. The third kappa shape index (κ3) is 4.95. The van der Waals surface area contributed by atoms with Crippen molar-refractivity contribution in [1.29, 1.82) is 0 Å². The molecule has 2 N–H and O–H groups in total. The number of ether oxygens (including phenoxy) is 2. The molecule has 0 fully saturated rings. The molecule has 1 heterocycles. The van der Waals surface area contributed by atoms with Crippen molar-refractivity contribution in [2.45, 2.75) is 45.5 Å². The standard InChI is InChI=1S/C26H28BrNO3/c1-26(2,3)31-25(29)24-20(19-12-7-14-21(27)23(19)28-24)13-8-16-30-22-15-6-10-17-9-4-5-11-18(17)22/h4-7,9-12,14-15,25,28-29H,8,13,16H2,1-3H3. The molecule has 1 aromatic heterocycles. The summed E-state index contributed by atoms with van der Waals surface area (Å²) in [7, 11) is 0. The molecule has 0 saturated heterocycles. The van der Waals surface area contributed by atoms with Crippen LogP contribution in [0.1, 0.15) is 44.7 Å². The Morgan fingerprint density at radius 2 is 1.68 bits per heavy atom. The maximum atomic E-state index is 10.8. The van der Waals surface area contributed by atoms with Gasteiger partial charge in [0, 0.05) is 15.2 Å². The number of aliphatic hydroxyl groups is 1. The van der Waals surface area contributed by atoms with E-state index in [-0.39, 0.29) is 0 Å². The number of hydrogen-bond donors (Lipinski definition) is 2. The Morgan fingerprint density at radius 1 is 0.968 bits per heavy atom. The second kappa shape index (κ2) is 9.03. The number of rotatable bonds is 7. The Balaban J connectivity index is 1.53. The average Bonchev–Trinajstić information content (AvgIpc) is 3.10. The lowest BCUT2D eigenvalue weighted by Crippen LogP contribution is -2.23. The number of aromatic amines is 1. The lowest BCUT2D eigenvalue weighted by molar-refractivity contribution is -0.171. The molecule has 162 valence electrons. The lowest BCUT2D eigenvalue weighted by Gasteiger charge is -2.24. The molecule has 4 nitrogen and oxygen atoms in total. The van der Waals surface area contributed by atoms with Gasteiger partial charge in [-0.1, -0.05) is 48.5 Å². The molecule has 4 aromatic rings. The SMILES string of the molecule is CC(C)(C)OC(O)c1[nH]c2c(Br)cccc2c1CCCOc1cccc2ccccc12. The van der Waals surface area contributed by atoms with E-state index in [0.29, 0.717) is 12.3 Å². The third-order valence-corrected chi connectivity index (χ3v) is 5.87. The highest BCUT2D eigenvalue weighted by Crippen LogP contribution is 2.34. The van der Waals surface area contributed by atoms with E-state index < -0.39 is 11.9 Å². The number of fused-ring (bicyclic) bond motifs is 2. The van der Waals surface area contributed by atoms with Crippen molar-refractivity contribution in [3.63, 3.8) is 0 Å². The van der Waals surface area contributed by atoms with Crippen molar-refractivity contribution < 1.29 is 14.6 Å². The van der Waals surface area contributed by atoms with Gasteiger partial charge in [0.1, 0.15) is 5.75 Å². The normalized spacial score (nSPS) is 13.1. The molecule has 0 aliphatic carbocycles. The van der Waals surface area contributed by atoms with Crippen molar-refractivity contribution in [3.05, 3.63) is 76.4 Å². The van der Waals surface area contributed by atoms with Gasteiger partial charge in [0.05, 0.1) is 23.4 Å². The van der Waals surface area contributed by atoms with Crippen molar-refractivity contribution in [2.75, 3.05) is 6.61 Å². The van der Waals surface area contributed by atoms with Gasteiger partial charge in [0.25, 0.3) is 0 Å². The minimum absolute atomic E-state index is 0.456. The average molecular weight is 482 g/mol. The van der Waals surface area contributed by atoms with E-state index in [9.17, 15) is 5.11 Å². The van der Waals surface area contributed by atoms with E-state index in [2.05, 4.69) is 45.2 Å². The van der Waals surface area contributed by atoms with Gasteiger partial charge in [-0.15, -0.1) is 0 Å². The first kappa shape index (κ1) is 21.9. The van der Waals surface area contributed by atoms with E-state index in [1.807, 2.05) is 57.2 Å². The molecule has 0 spiro atoms. The number of aliphatic hydroxyl groups excluding tert-OH is 1. The zero-order valence-corrected chi connectivity index (χ0v) is 19.7. The minimum Gasteiger partial charge on any atom is -0.493 e. The Kier molecular flexibility index (Phi) is 6.37. The summed E-state index contributed by atoms with van der Waals surface area (Å²) in [5.41, 5.74) is 2.29. The molecule has 4 rings (SSSR count). The van der Waals surface area contributed by atoms with Gasteiger partial charge in [0.15, 0.2) is 6.29 Å². The predicted octanol–water partition coefficient (Wildman–Crippen LogP) is 6.90. The van der Waals surface area contributed by atoms with Gasteiger partial charge >= 0.3 is 0 Å². The fourth-order valence-electron chi connectivity index (χ4n) is 3.88. The van der Waals surface area contributed by atoms with Gasteiger partial charge < -0.3 is 19.6 Å². The molecule has 5 heteroatoms. The van der Waals surface area contributed by atoms with E-state index in [4.69, 9.17) is 9.47 Å². The number of aromatic nitrogens is 1. The zero-order chi connectivity index (χ0) is 22.0. The largest absolute Gasteiger partial charge is 0.493 e. The van der Waals surface area contributed by atoms with Gasteiger partial charge in [-0.2, -0.15) is 0 Å². The van der Waals surface area contributed by atoms with Gasteiger partial charge in [-0.3, -0.25) is 0 Å². The molecule has 3 aromatic carbocycles. The second-order valence-corrected chi connectivity index (χ2v) is 9.55. The number of halogens is 1. The highest BCUT2D eigenvalue weighted by Gasteiger charge is 2.24. The number of aryl methyl sites for hydroxylation is 1. The summed E-state index contributed by atoms with van der Waals surface area (Å²) in [6.45, 7) is 6.40. The van der Waals surface area contributed by atoms with Crippen molar-refractivity contribution >= 4 is 37.6 Å². The molecule has 0 aliphatic rings. The van der Waals surface area contributed by atoms with Crippen LogP contribution in [0.4, 0.5) is 0 Å². The molecule has 0 aliphatic heterocycles. The number of hydrogen-bond acceptors (Lipinski definition) is 3. The number of benzene rings is 3. The molecule has 0 saturated carbocycles. The van der Waals surface area contributed by atoms with Gasteiger partial charge in [0.2, 0.25) is 0 Å². The first-order valence-corrected chi connectivity index (χ1v) is 11.4. The lowest BCUT2D eigenvalue weighted by atomic mass is 10.0. The molecular weight excluding hydrogens is 454 g/mol. The van der Waals surface area contributed by atoms with Crippen LogP contribution in [0, 0.1) is 0 Å². The van der Waals surface area contributed by atoms with Crippen LogP contribution in [0.2, 0.25) is 0 Å². The van der Waals surface area contributed by atoms with E-state index in [0.717, 1.165) is 44.9 Å². The zero-order valence-electron chi connectivity index (χ0n) is 18.1. The maximum absolute atomic E-state index is 10.8. The van der Waals surface area contributed by atoms with E-state index in [1.165, 1.54) is 5.39 Å². The Labute approximate surface area is 191 Å². The smallest absolute Gasteiger partial charge is 0.197 e. The van der Waals surface area contributed by atoms with Crippen LogP contribution in [0.25, 0.3) is 21.7 Å². The Morgan fingerprint density at radius 3 is 2.48 bits per heavy atom. The summed E-state index contributed by atoms with van der Waals surface area (Å²) in [6, 6.07) is 20.4. The molecule has 31 heavy (non-hydrogen) atoms. The Hall–Kier alpha value is -2.34. The van der Waals surface area contributed by atoms with Crippen LogP contribution in [0.5, 0.6) is 5.75 Å². The summed E-state index contributed by atoms with van der Waals surface area (Å²) >= 11 is 3.61. The summed E-state index contributed by atoms with van der Waals surface area (Å²) in [5.74, 6) is 0.899. The molecule has 0 bridgehead atoms. The number of para-hydroxylation sites is 1. The minimum atomic E-state index is -1.02. The van der Waals surface area contributed by atoms with Crippen LogP contribution in [-0.4, -0.2) is 22.3 Å². The highest BCUT2D eigenvalue weighted by molar-refractivity contribution is 9.10. The fraction of sp³-hybridized carbons (Fsp3) is 0.308. The predicted molar refractivity (Wildman–Crippen MR) is 130 cm³/mol. The Bertz CT molecular complexity index is 1190. The number of H-pyrrole nitrogens is 1. The molecule has 1 unspecified atom stereocenters. The second-order valence-electron chi connectivity index (χ2n) is 8.69. The summed E-state index contributed by atoms with van der Waals surface area (Å²) < 4.78 is 12.9. The molecule has 0 radical (unpaired) electrons. The first-order valence-electron chi connectivity index (χ1n) is 10.6. The topological polar surface area (TPSA) is 54.5 Å². The summed E-state index contributed by atoms with van der Waals surface area (Å²) in [5, 5.41) is 14.2. The number of nitrogens with one attached hydrogen (secondary N) is 1. The van der Waals surface area contributed by atoms with Crippen LogP contribution in [0.15, 0.2) is 65.1 Å². The monoisotopic (exact) mass is 481 g/mol. The van der Waals surface area contributed by atoms with Crippen LogP contribution < -0.4 is 4.74 Å². The molecule has 1 atom stereocenters. The maximum Gasteiger partial charge on any atom is 0.197 e. The van der Waals surface area contributed by atoms with Crippen molar-refractivity contribution in [1.82, 2.24) is 4.98 Å². The summed E-state index contributed by atoms with van der Waals surface area (Å²) in [6.07, 6.45) is 0.562. The van der Waals surface area contributed by atoms with Crippen LogP contribution in [-0.2, 0) is 11.2 Å². The molecular formula is C26H28BrNO3. The fourth-order valence-corrected chi connectivity index (χ4v) is 4.35. The van der Waals surface area contributed by atoms with Gasteiger partial charge in [-0.25, -0.2) is 0 Å². The van der Waals surface area contributed by atoms with E-state index in [1.54, 1.807) is 0 Å². The van der Waals surface area contributed by atoms with Gasteiger partial charge in [-0.05, 0) is 72.6 Å². The van der Waals surface area contributed by atoms with Crippen LogP contribution in [0.3, 0.4) is 0 Å². The van der Waals surface area contributed by atoms with Crippen LogP contribution >= 0.6 is 15.9 Å². The van der Waals surface area contributed by atoms with Crippen molar-refractivity contribution in [2.24, 2.45) is 0 Å². The van der Waals surface area contributed by atoms with E-state index >= 15 is 0 Å². The quantitative estimate of drug-likeness (QED) is 0.223. The van der Waals surface area contributed by atoms with Crippen molar-refractivity contribution in [3.8, 4) is 5.75 Å². The molecule has 0 amide bonds. The highest BCUT2D eigenvalue weighted by atomic mass is 79.9. The summed E-state index contributed by atoms with van der Waals surface area (Å²) in [4.78, 5) is 3.37.